The van der Waals surface area contributed by atoms with Gasteiger partial charge in [-0.25, -0.2) is 8.42 Å². The molecule has 0 amide bonds. The van der Waals surface area contributed by atoms with E-state index in [1.54, 1.807) is 0 Å². The number of carbonyl (C=O) groups excluding carboxylic acids is 1. The highest BCUT2D eigenvalue weighted by molar-refractivity contribution is 7.90. The molecule has 0 unspecified atom stereocenters. The van der Waals surface area contributed by atoms with E-state index in [1.165, 1.54) is 6.07 Å². The molecule has 0 bridgehead atoms. The number of alkyl halides is 3. The van der Waals surface area contributed by atoms with Gasteiger partial charge in [-0.2, -0.15) is 22.4 Å². The Hall–Kier alpha value is -2.16. The van der Waals surface area contributed by atoms with Gasteiger partial charge in [0.25, 0.3) is 10.0 Å². The number of rotatable bonds is 4. The summed E-state index contributed by atoms with van der Waals surface area (Å²) in [6, 6.07) is 3.11. The summed E-state index contributed by atoms with van der Waals surface area (Å²) >= 11 is 0. The van der Waals surface area contributed by atoms with Crippen molar-refractivity contribution in [2.45, 2.75) is 24.3 Å². The van der Waals surface area contributed by atoms with E-state index >= 15 is 0 Å². The van der Waals surface area contributed by atoms with Crippen molar-refractivity contribution in [1.29, 1.82) is 0 Å². The summed E-state index contributed by atoms with van der Waals surface area (Å²) in [6.45, 7) is 0. The molecular weight excluding hydrogens is 333 g/mol. The van der Waals surface area contributed by atoms with Gasteiger partial charge in [0.2, 0.25) is 0 Å². The normalized spacial score (nSPS) is 15.6. The van der Waals surface area contributed by atoms with Crippen LogP contribution in [0.2, 0.25) is 0 Å². The topological polar surface area (TPSA) is 69.0 Å². The predicted molar refractivity (Wildman–Crippen MR) is 75.4 cm³/mol. The van der Waals surface area contributed by atoms with Gasteiger partial charge >= 0.3 is 6.18 Å². The molecule has 0 atom stereocenters. The Kier molecular flexibility index (Phi) is 3.55. The molecule has 1 aromatic carbocycles. The third-order valence-corrected chi connectivity index (χ3v) is 5.60. The molecule has 23 heavy (non-hydrogen) atoms. The minimum atomic E-state index is -4.67. The van der Waals surface area contributed by atoms with E-state index in [1.807, 2.05) is 0 Å². The number of hydrogen-bond acceptors (Lipinski definition) is 4. The van der Waals surface area contributed by atoms with Crippen molar-refractivity contribution in [3.8, 4) is 11.1 Å². The second-order valence-corrected chi connectivity index (χ2v) is 7.34. The minimum Gasteiger partial charge on any atom is -0.298 e. The Morgan fingerprint density at radius 1 is 1.26 bits per heavy atom. The van der Waals surface area contributed by atoms with Crippen LogP contribution in [0.4, 0.5) is 13.2 Å². The van der Waals surface area contributed by atoms with Crippen LogP contribution in [0.3, 0.4) is 0 Å². The van der Waals surface area contributed by atoms with E-state index in [4.69, 9.17) is 0 Å². The fourth-order valence-electron chi connectivity index (χ4n) is 2.22. The van der Waals surface area contributed by atoms with E-state index in [0.717, 1.165) is 24.5 Å². The molecule has 1 saturated carbocycles. The van der Waals surface area contributed by atoms with Crippen LogP contribution in [0.25, 0.3) is 11.1 Å². The van der Waals surface area contributed by atoms with Gasteiger partial charge in [-0.15, -0.1) is 0 Å². The molecule has 1 aliphatic rings. The molecule has 1 fully saturated rings. The van der Waals surface area contributed by atoms with Crippen LogP contribution in [0.15, 0.2) is 30.6 Å². The number of carbonyl (C=O) groups is 1. The van der Waals surface area contributed by atoms with Gasteiger partial charge in [0.1, 0.15) is 6.29 Å². The zero-order chi connectivity index (χ0) is 16.8. The molecule has 1 aliphatic carbocycles. The molecule has 0 saturated heterocycles. The predicted octanol–water partition coefficient (Wildman–Crippen LogP) is 2.72. The standard InChI is InChI=1S/C14H11F3N2O3S/c15-14(16,17)13-5-9(8-20)1-4-12(13)10-6-18-19(7-10)23(21,22)11-2-3-11/h1,4-8,11H,2-3H2. The average molecular weight is 344 g/mol. The molecule has 122 valence electrons. The fourth-order valence-corrected chi connectivity index (χ4v) is 3.70. The quantitative estimate of drug-likeness (QED) is 0.800. The van der Waals surface area contributed by atoms with Gasteiger partial charge in [0, 0.05) is 11.1 Å². The van der Waals surface area contributed by atoms with Crippen LogP contribution >= 0.6 is 0 Å². The number of halogens is 3. The SMILES string of the molecule is O=Cc1ccc(-c2cnn(S(=O)(=O)C3CC3)c2)c(C(F)(F)F)c1. The molecule has 1 heterocycles. The number of aromatic nitrogens is 2. The fraction of sp³-hybridized carbons (Fsp3) is 0.286. The van der Waals surface area contributed by atoms with Gasteiger partial charge in [0.05, 0.1) is 23.2 Å². The Labute approximate surface area is 129 Å². The summed E-state index contributed by atoms with van der Waals surface area (Å²) in [4.78, 5) is 10.7. The molecule has 0 radical (unpaired) electrons. The smallest absolute Gasteiger partial charge is 0.298 e. The van der Waals surface area contributed by atoms with Crippen molar-refractivity contribution < 1.29 is 26.4 Å². The van der Waals surface area contributed by atoms with Gasteiger partial charge in [0.15, 0.2) is 0 Å². The van der Waals surface area contributed by atoms with Crippen molar-refractivity contribution in [3.05, 3.63) is 41.7 Å². The molecule has 0 aliphatic heterocycles. The number of benzene rings is 1. The highest BCUT2D eigenvalue weighted by atomic mass is 32.2. The average Bonchev–Trinajstić information content (AvgIpc) is 3.24. The maximum Gasteiger partial charge on any atom is 0.417 e. The first-order chi connectivity index (χ1) is 10.7. The van der Waals surface area contributed by atoms with Crippen molar-refractivity contribution in [2.24, 2.45) is 0 Å². The Morgan fingerprint density at radius 2 is 1.96 bits per heavy atom. The molecule has 0 spiro atoms. The number of hydrogen-bond donors (Lipinski definition) is 0. The maximum absolute atomic E-state index is 13.2. The first-order valence-corrected chi connectivity index (χ1v) is 8.19. The molecule has 2 aromatic rings. The largest absolute Gasteiger partial charge is 0.417 e. The Bertz CT molecular complexity index is 868. The summed E-state index contributed by atoms with van der Waals surface area (Å²) in [5.74, 6) is 0. The van der Waals surface area contributed by atoms with Gasteiger partial charge in [-0.3, -0.25) is 4.79 Å². The number of nitrogens with zero attached hydrogens (tertiary/aromatic N) is 2. The Morgan fingerprint density at radius 3 is 2.52 bits per heavy atom. The lowest BCUT2D eigenvalue weighted by Gasteiger charge is -2.12. The van der Waals surface area contributed by atoms with Crippen LogP contribution in [0, 0.1) is 0 Å². The first-order valence-electron chi connectivity index (χ1n) is 6.69. The van der Waals surface area contributed by atoms with E-state index in [-0.39, 0.29) is 16.7 Å². The summed E-state index contributed by atoms with van der Waals surface area (Å²) in [5.41, 5.74) is -1.32. The van der Waals surface area contributed by atoms with E-state index < -0.39 is 27.0 Å². The zero-order valence-corrected chi connectivity index (χ0v) is 12.4. The molecule has 5 nitrogen and oxygen atoms in total. The minimum absolute atomic E-state index is 0.0269. The second-order valence-electron chi connectivity index (χ2n) is 5.27. The summed E-state index contributed by atoms with van der Waals surface area (Å²) in [6.07, 6.45) is -1.16. The van der Waals surface area contributed by atoms with Crippen LogP contribution in [-0.4, -0.2) is 29.1 Å². The molecule has 0 N–H and O–H groups in total. The van der Waals surface area contributed by atoms with Gasteiger partial charge < -0.3 is 0 Å². The first kappa shape index (κ1) is 15.7. The van der Waals surface area contributed by atoms with Gasteiger partial charge in [-0.1, -0.05) is 12.1 Å². The summed E-state index contributed by atoms with van der Waals surface area (Å²) in [7, 11) is -3.65. The van der Waals surface area contributed by atoms with Crippen LogP contribution < -0.4 is 0 Å². The van der Waals surface area contributed by atoms with Crippen molar-refractivity contribution in [2.75, 3.05) is 0 Å². The molecule has 3 rings (SSSR count). The van der Waals surface area contributed by atoms with Crippen molar-refractivity contribution >= 4 is 16.3 Å². The molecule has 1 aromatic heterocycles. The van der Waals surface area contributed by atoms with Crippen molar-refractivity contribution in [1.82, 2.24) is 9.19 Å². The van der Waals surface area contributed by atoms with Crippen LogP contribution in [0.1, 0.15) is 28.8 Å². The van der Waals surface area contributed by atoms with Crippen molar-refractivity contribution in [3.63, 3.8) is 0 Å². The third-order valence-electron chi connectivity index (χ3n) is 3.56. The monoisotopic (exact) mass is 344 g/mol. The van der Waals surface area contributed by atoms with Gasteiger partial charge in [-0.05, 0) is 24.5 Å². The zero-order valence-electron chi connectivity index (χ0n) is 11.6. The van der Waals surface area contributed by atoms with E-state index in [2.05, 4.69) is 5.10 Å². The maximum atomic E-state index is 13.2. The van der Waals surface area contributed by atoms with E-state index in [0.29, 0.717) is 23.2 Å². The molecular formula is C14H11F3N2O3S. The lowest BCUT2D eigenvalue weighted by molar-refractivity contribution is -0.137. The van der Waals surface area contributed by atoms with Crippen LogP contribution in [0.5, 0.6) is 0 Å². The number of aldehydes is 1. The summed E-state index contributed by atoms with van der Waals surface area (Å²) < 4.78 is 64.3. The highest BCUT2D eigenvalue weighted by Gasteiger charge is 2.38. The third kappa shape index (κ3) is 2.88. The molecule has 9 heteroatoms. The highest BCUT2D eigenvalue weighted by Crippen LogP contribution is 2.38. The summed E-state index contributed by atoms with van der Waals surface area (Å²) in [5, 5.41) is 3.16. The van der Waals surface area contributed by atoms with Crippen LogP contribution in [-0.2, 0) is 16.2 Å². The Balaban J connectivity index is 2.09. The lowest BCUT2D eigenvalue weighted by Crippen LogP contribution is -2.17. The lowest BCUT2D eigenvalue weighted by atomic mass is 10.00. The van der Waals surface area contributed by atoms with E-state index in [9.17, 15) is 26.4 Å². The second kappa shape index (κ2) is 5.19.